The van der Waals surface area contributed by atoms with Crippen LogP contribution in [0.4, 0.5) is 0 Å². The first-order valence-electron chi connectivity index (χ1n) is 25.1. The minimum atomic E-state index is -3.33. The van der Waals surface area contributed by atoms with Gasteiger partial charge in [0.25, 0.3) is 16.6 Å². The molecule has 0 amide bonds. The molecule has 0 fully saturated rings. The fraction of sp³-hybridized carbons (Fsp3) is 0.143. The molecule has 0 bridgehead atoms. The second-order valence-corrected chi connectivity index (χ2v) is 34.0. The highest BCUT2D eigenvalue weighted by molar-refractivity contribution is 7.11. The van der Waals surface area contributed by atoms with Crippen LogP contribution in [0.15, 0.2) is 218 Å². The molecular weight excluding hydrogens is 961 g/mol. The van der Waals surface area contributed by atoms with Gasteiger partial charge >= 0.3 is 27.9 Å². The van der Waals surface area contributed by atoms with E-state index in [0.717, 1.165) is 15.6 Å². The average Bonchev–Trinajstić information content (AvgIpc) is 3.39. The van der Waals surface area contributed by atoms with E-state index in [9.17, 15) is 0 Å². The third-order valence-corrected chi connectivity index (χ3v) is 32.0. The van der Waals surface area contributed by atoms with Crippen LogP contribution in [0.2, 0.25) is 0 Å². The summed E-state index contributed by atoms with van der Waals surface area (Å²) < 4.78 is 32.5. The predicted octanol–water partition coefficient (Wildman–Crippen LogP) is 7.55. The van der Waals surface area contributed by atoms with E-state index in [2.05, 4.69) is 281 Å². The van der Waals surface area contributed by atoms with E-state index in [-0.39, 0.29) is 0 Å². The van der Waals surface area contributed by atoms with Gasteiger partial charge in [0, 0.05) is 0 Å². The third-order valence-electron chi connectivity index (χ3n) is 13.9. The molecule has 362 valence electrons. The Morgan fingerprint density at radius 2 is 0.361 bits per heavy atom. The summed E-state index contributed by atoms with van der Waals surface area (Å²) in [5, 5.41) is 10.2. The lowest BCUT2D eigenvalue weighted by atomic mass is 10.2. The van der Waals surface area contributed by atoms with Crippen LogP contribution < -0.4 is 46.7 Å². The van der Waals surface area contributed by atoms with Gasteiger partial charge < -0.3 is 16.5 Å². The smallest absolute Gasteiger partial charge is 0.338 e. The molecule has 0 spiro atoms. The minimum Gasteiger partial charge on any atom is -0.424 e. The molecule has 9 heteroatoms. The Morgan fingerprint density at radius 3 is 0.542 bits per heavy atom. The molecule has 9 rings (SSSR count). The summed E-state index contributed by atoms with van der Waals surface area (Å²) in [5.74, 6) is 0. The molecule has 0 heterocycles. The standard InChI is InChI=1S/C63H66O4Si5/c1-46-10-28-55(29-11-46)68(64-69(56-30-12-47(2)13-31-56)66-71(58-34-16-49(4)17-35-58,59-36-18-50(5)19-37-59)60-38-20-51(6)21-39-60)65-70(57-32-14-48(3)15-33-57)67-72(61-40-22-52(7)23-41-61,62-42-24-53(8)25-43-62)63-44-26-54(9)27-45-63/h10-45,68-70H,1-9H3. The van der Waals surface area contributed by atoms with E-state index in [1.807, 2.05) is 0 Å². The second-order valence-electron chi connectivity index (χ2n) is 19.8. The van der Waals surface area contributed by atoms with Crippen molar-refractivity contribution in [2.24, 2.45) is 0 Å². The molecule has 2 unspecified atom stereocenters. The van der Waals surface area contributed by atoms with Gasteiger partial charge in [0.1, 0.15) is 0 Å². The number of benzene rings is 9. The molecule has 0 aliphatic heterocycles. The highest BCUT2D eigenvalue weighted by Crippen LogP contribution is 2.19. The zero-order valence-electron chi connectivity index (χ0n) is 43.1. The SMILES string of the molecule is Cc1ccc([SiH](O[SiH](O[Si](c2ccc(C)cc2)(c2ccc(C)cc2)c2ccc(C)cc2)c2ccc(C)cc2)O[SiH](O[Si](c2ccc(C)cc2)(c2ccc(C)cc2)c2ccc(C)cc2)c2ccc(C)cc2)cc1. The Bertz CT molecular complexity index is 2760. The van der Waals surface area contributed by atoms with Crippen LogP contribution in [-0.4, -0.2) is 44.5 Å². The van der Waals surface area contributed by atoms with Gasteiger partial charge in [-0.3, -0.25) is 0 Å². The second kappa shape index (κ2) is 22.3. The normalized spacial score (nSPS) is 13.1. The maximum atomic E-state index is 8.26. The number of rotatable bonds is 17. The minimum absolute atomic E-state index is 1.04. The first-order chi connectivity index (χ1) is 34.8. The Labute approximate surface area is 435 Å². The molecule has 72 heavy (non-hydrogen) atoms. The van der Waals surface area contributed by atoms with Crippen molar-refractivity contribution in [2.45, 2.75) is 62.3 Å². The van der Waals surface area contributed by atoms with Gasteiger partial charge in [0.15, 0.2) is 0 Å². The lowest BCUT2D eigenvalue weighted by Crippen LogP contribution is -2.73. The van der Waals surface area contributed by atoms with Gasteiger partial charge in [0.2, 0.25) is 0 Å². The van der Waals surface area contributed by atoms with E-state index < -0.39 is 44.5 Å². The number of hydrogen-bond acceptors (Lipinski definition) is 4. The van der Waals surface area contributed by atoms with Crippen molar-refractivity contribution in [1.82, 2.24) is 0 Å². The maximum absolute atomic E-state index is 8.26. The molecule has 0 saturated carbocycles. The fourth-order valence-corrected chi connectivity index (χ4v) is 30.2. The summed E-state index contributed by atoms with van der Waals surface area (Å²) in [6.07, 6.45) is 0. The quantitative estimate of drug-likeness (QED) is 0.0699. The van der Waals surface area contributed by atoms with Crippen LogP contribution in [0.1, 0.15) is 50.1 Å². The summed E-state index contributed by atoms with van der Waals surface area (Å²) in [6.45, 7) is 19.3. The van der Waals surface area contributed by atoms with Gasteiger partial charge in [-0.25, -0.2) is 0 Å². The van der Waals surface area contributed by atoms with E-state index in [4.69, 9.17) is 16.5 Å². The molecule has 0 saturated heterocycles. The fourth-order valence-electron chi connectivity index (χ4n) is 9.39. The average molecular weight is 1030 g/mol. The van der Waals surface area contributed by atoms with Crippen molar-refractivity contribution in [3.63, 3.8) is 0 Å². The van der Waals surface area contributed by atoms with Crippen LogP contribution in [0, 0.1) is 62.3 Å². The number of hydrogen-bond donors (Lipinski definition) is 0. The largest absolute Gasteiger partial charge is 0.424 e. The predicted molar refractivity (Wildman–Crippen MR) is 315 cm³/mol. The van der Waals surface area contributed by atoms with E-state index in [0.29, 0.717) is 0 Å². The van der Waals surface area contributed by atoms with Crippen LogP contribution in [-0.2, 0) is 16.5 Å². The summed E-state index contributed by atoms with van der Waals surface area (Å²) in [6, 6.07) is 80.5. The molecule has 9 aromatic rings. The third kappa shape index (κ3) is 11.3. The summed E-state index contributed by atoms with van der Waals surface area (Å²) in [5.41, 5.74) is 10.7. The van der Waals surface area contributed by atoms with E-state index in [1.165, 1.54) is 81.2 Å². The highest BCUT2D eigenvalue weighted by Gasteiger charge is 2.48. The van der Waals surface area contributed by atoms with Crippen molar-refractivity contribution in [3.8, 4) is 0 Å². The Kier molecular flexibility index (Phi) is 15.8. The lowest BCUT2D eigenvalue weighted by molar-refractivity contribution is 0.366. The van der Waals surface area contributed by atoms with E-state index in [1.54, 1.807) is 0 Å². The summed E-state index contributed by atoms with van der Waals surface area (Å²) in [7, 11) is -15.5. The Balaban J connectivity index is 1.26. The van der Waals surface area contributed by atoms with Gasteiger partial charge in [-0.15, -0.1) is 0 Å². The van der Waals surface area contributed by atoms with Crippen LogP contribution in [0.5, 0.6) is 0 Å². The van der Waals surface area contributed by atoms with Crippen molar-refractivity contribution in [3.05, 3.63) is 268 Å². The van der Waals surface area contributed by atoms with Gasteiger partial charge in [-0.05, 0) is 109 Å². The van der Waals surface area contributed by atoms with Crippen LogP contribution >= 0.6 is 0 Å². The molecule has 0 aliphatic carbocycles. The number of aryl methyl sites for hydroxylation is 9. The Morgan fingerprint density at radius 1 is 0.208 bits per heavy atom. The van der Waals surface area contributed by atoms with Gasteiger partial charge in [-0.2, -0.15) is 0 Å². The van der Waals surface area contributed by atoms with Gasteiger partial charge in [0.05, 0.1) is 0 Å². The highest BCUT2D eigenvalue weighted by atomic mass is 28.5. The molecular formula is C63H66O4Si5. The summed E-state index contributed by atoms with van der Waals surface area (Å²) in [4.78, 5) is 0. The topological polar surface area (TPSA) is 36.9 Å². The Hall–Kier alpha value is -6.10. The monoisotopic (exact) mass is 1030 g/mol. The molecule has 2 atom stereocenters. The maximum Gasteiger partial charge on any atom is 0.338 e. The van der Waals surface area contributed by atoms with Crippen molar-refractivity contribution in [1.29, 1.82) is 0 Å². The van der Waals surface area contributed by atoms with Crippen LogP contribution in [0.25, 0.3) is 0 Å². The molecule has 9 aromatic carbocycles. The van der Waals surface area contributed by atoms with Crippen LogP contribution in [0.3, 0.4) is 0 Å². The molecule has 0 radical (unpaired) electrons. The molecule has 0 N–H and O–H groups in total. The molecule has 4 nitrogen and oxygen atoms in total. The van der Waals surface area contributed by atoms with Crippen molar-refractivity contribution in [2.75, 3.05) is 0 Å². The molecule has 0 aromatic heterocycles. The lowest BCUT2D eigenvalue weighted by Gasteiger charge is -2.39. The first kappa shape index (κ1) is 50.8. The van der Waals surface area contributed by atoms with E-state index >= 15 is 0 Å². The van der Waals surface area contributed by atoms with Gasteiger partial charge in [-0.1, -0.05) is 268 Å². The molecule has 0 aliphatic rings. The van der Waals surface area contributed by atoms with Crippen molar-refractivity contribution >= 4 is 91.2 Å². The zero-order chi connectivity index (χ0) is 50.4. The van der Waals surface area contributed by atoms with Crippen molar-refractivity contribution < 1.29 is 16.5 Å². The zero-order valence-corrected chi connectivity index (χ0v) is 48.6. The summed E-state index contributed by atoms with van der Waals surface area (Å²) >= 11 is 0. The first-order valence-corrected chi connectivity index (χ1v) is 33.5.